The third-order valence-electron chi connectivity index (χ3n) is 11.1. The molecule has 2 saturated carbocycles. The lowest BCUT2D eigenvalue weighted by molar-refractivity contribution is -0.267. The molecule has 0 bridgehead atoms. The number of carbonyl (C=O) groups is 2. The number of fused-ring (bicyclic) bond motifs is 7. The third-order valence-corrected chi connectivity index (χ3v) is 11.1. The van der Waals surface area contributed by atoms with Crippen LogP contribution >= 0.6 is 0 Å². The molecule has 1 saturated heterocycles. The highest BCUT2D eigenvalue weighted by molar-refractivity contribution is 5.94. The van der Waals surface area contributed by atoms with Crippen LogP contribution in [-0.4, -0.2) is 71.6 Å². The van der Waals surface area contributed by atoms with Crippen molar-refractivity contribution in [3.05, 3.63) is 47.3 Å². The molecule has 41 heavy (non-hydrogen) atoms. The largest absolute Gasteiger partial charge is 0.493 e. The highest BCUT2D eigenvalue weighted by Gasteiger charge is 2.79. The van der Waals surface area contributed by atoms with E-state index in [1.54, 1.807) is 32.3 Å². The number of Topliss-reactive ketones (excluding diaryl/α,β-unsaturated/α-hetero) is 1. The molecule has 3 fully saturated rings. The molecule has 4 aliphatic carbocycles. The monoisotopic (exact) mass is 573 g/mol. The lowest BCUT2D eigenvalue weighted by Gasteiger charge is -2.62. The van der Waals surface area contributed by atoms with Gasteiger partial charge in [0, 0.05) is 48.6 Å². The van der Waals surface area contributed by atoms with E-state index in [1.807, 2.05) is 19.1 Å². The van der Waals surface area contributed by atoms with Crippen LogP contribution in [0.4, 0.5) is 8.78 Å². The molecule has 1 aromatic rings. The van der Waals surface area contributed by atoms with Crippen molar-refractivity contribution in [1.29, 1.82) is 0 Å². The molecule has 10 heteroatoms. The molecule has 1 heterocycles. The average molecular weight is 574 g/mol. The number of rotatable bonds is 6. The van der Waals surface area contributed by atoms with E-state index in [1.165, 1.54) is 12.2 Å². The summed E-state index contributed by atoms with van der Waals surface area (Å²) >= 11 is 0. The van der Waals surface area contributed by atoms with Crippen molar-refractivity contribution in [2.75, 3.05) is 27.4 Å². The SMILES string of the molecule is COc1ccc(CN2C[C@@H]3C[C@H]4[C@@H]5CC(F)=C6CC(=O)C=C[C@]6(C)[C@@]5(F)[C@@H](O)C[C@]4(C)[C@]3(C(=O)CO)O2)cc1OC. The summed E-state index contributed by atoms with van der Waals surface area (Å²) in [4.78, 5) is 32.3. The smallest absolute Gasteiger partial charge is 0.192 e. The van der Waals surface area contributed by atoms with E-state index in [4.69, 9.17) is 14.3 Å². The summed E-state index contributed by atoms with van der Waals surface area (Å²) in [5, 5.41) is 23.4. The molecule has 0 amide bonds. The number of aliphatic hydroxyl groups is 2. The van der Waals surface area contributed by atoms with Gasteiger partial charge >= 0.3 is 0 Å². The van der Waals surface area contributed by atoms with Crippen LogP contribution in [0.15, 0.2) is 41.8 Å². The van der Waals surface area contributed by atoms with Gasteiger partial charge in [-0.25, -0.2) is 8.78 Å². The molecule has 0 spiro atoms. The molecule has 1 aromatic carbocycles. The van der Waals surface area contributed by atoms with E-state index >= 15 is 8.78 Å². The Morgan fingerprint density at radius 1 is 1.20 bits per heavy atom. The zero-order valence-electron chi connectivity index (χ0n) is 23.8. The van der Waals surface area contributed by atoms with E-state index < -0.39 is 64.2 Å². The number of allylic oxidation sites excluding steroid dienone is 4. The van der Waals surface area contributed by atoms with Crippen LogP contribution in [-0.2, 0) is 21.0 Å². The summed E-state index contributed by atoms with van der Waals surface area (Å²) < 4.78 is 43.9. The first-order chi connectivity index (χ1) is 19.4. The van der Waals surface area contributed by atoms with Gasteiger partial charge in [0.05, 0.1) is 20.3 Å². The van der Waals surface area contributed by atoms with Gasteiger partial charge in [-0.05, 0) is 55.0 Å². The minimum Gasteiger partial charge on any atom is -0.493 e. The fourth-order valence-electron chi connectivity index (χ4n) is 9.19. The summed E-state index contributed by atoms with van der Waals surface area (Å²) in [5.41, 5.74) is -5.36. The molecule has 222 valence electrons. The quantitative estimate of drug-likeness (QED) is 0.532. The molecule has 0 aromatic heterocycles. The van der Waals surface area contributed by atoms with Crippen molar-refractivity contribution in [1.82, 2.24) is 5.06 Å². The molecular weight excluding hydrogens is 536 g/mol. The summed E-state index contributed by atoms with van der Waals surface area (Å²) in [5.74, 6) is -2.07. The number of methoxy groups -OCH3 is 2. The maximum atomic E-state index is 17.5. The minimum absolute atomic E-state index is 0.100. The molecule has 5 aliphatic rings. The number of ketones is 2. The Morgan fingerprint density at radius 3 is 2.61 bits per heavy atom. The summed E-state index contributed by atoms with van der Waals surface area (Å²) in [6.45, 7) is 3.26. The Balaban J connectivity index is 1.37. The van der Waals surface area contributed by atoms with Gasteiger partial charge in [-0.15, -0.1) is 0 Å². The van der Waals surface area contributed by atoms with Crippen LogP contribution < -0.4 is 9.47 Å². The predicted molar refractivity (Wildman–Crippen MR) is 143 cm³/mol. The van der Waals surface area contributed by atoms with Crippen molar-refractivity contribution in [2.45, 2.75) is 63.4 Å². The fourth-order valence-corrected chi connectivity index (χ4v) is 9.19. The number of aliphatic hydroxyl groups excluding tert-OH is 2. The zero-order chi connectivity index (χ0) is 29.5. The van der Waals surface area contributed by atoms with Crippen molar-refractivity contribution in [3.8, 4) is 11.5 Å². The van der Waals surface area contributed by atoms with Gasteiger partial charge in [-0.2, -0.15) is 5.06 Å². The van der Waals surface area contributed by atoms with Gasteiger partial charge in [0.2, 0.25) is 0 Å². The standard InChI is InChI=1S/C31H37F2NO7/c1-28-8-7-19(36)11-22(28)23(32)12-21-20-10-18-15-34(14-17-5-6-24(39-3)25(9-17)40-4)41-31(18,27(38)16-35)29(20,2)13-26(37)30(21,28)33/h5-9,18,20-21,26,35,37H,10-16H2,1-4H3/t18-,20-,21-,26-,28-,29-,30-,31-/m0/s1. The van der Waals surface area contributed by atoms with Gasteiger partial charge in [-0.3, -0.25) is 14.4 Å². The number of nitrogens with zero attached hydrogens (tertiary/aromatic N) is 1. The van der Waals surface area contributed by atoms with Crippen LogP contribution in [0.1, 0.15) is 45.1 Å². The number of halogens is 2. The molecule has 0 radical (unpaired) electrons. The highest BCUT2D eigenvalue weighted by atomic mass is 19.1. The van der Waals surface area contributed by atoms with E-state index in [2.05, 4.69) is 0 Å². The van der Waals surface area contributed by atoms with Crippen LogP contribution in [0, 0.1) is 28.6 Å². The van der Waals surface area contributed by atoms with E-state index in [-0.39, 0.29) is 30.6 Å². The van der Waals surface area contributed by atoms with Crippen molar-refractivity contribution < 1.29 is 42.9 Å². The summed E-state index contributed by atoms with van der Waals surface area (Å²) in [7, 11) is 3.09. The van der Waals surface area contributed by atoms with Gasteiger partial charge < -0.3 is 19.7 Å². The first kappa shape index (κ1) is 28.5. The Bertz CT molecular complexity index is 1360. The highest BCUT2D eigenvalue weighted by Crippen LogP contribution is 2.72. The van der Waals surface area contributed by atoms with E-state index in [9.17, 15) is 19.8 Å². The first-order valence-electron chi connectivity index (χ1n) is 14.2. The fraction of sp³-hybridized carbons (Fsp3) is 0.613. The zero-order valence-corrected chi connectivity index (χ0v) is 23.8. The maximum Gasteiger partial charge on any atom is 0.192 e. The van der Waals surface area contributed by atoms with Gasteiger partial charge in [0.25, 0.3) is 0 Å². The lowest BCUT2D eigenvalue weighted by atomic mass is 9.45. The number of hydrogen-bond acceptors (Lipinski definition) is 8. The third kappa shape index (κ3) is 3.57. The van der Waals surface area contributed by atoms with Gasteiger partial charge in [0.1, 0.15) is 12.4 Å². The molecular formula is C31H37F2NO7. The Hall–Kier alpha value is -2.66. The Labute approximate surface area is 237 Å². The van der Waals surface area contributed by atoms with Crippen LogP contribution in [0.3, 0.4) is 0 Å². The van der Waals surface area contributed by atoms with Crippen LogP contribution in [0.25, 0.3) is 0 Å². The molecule has 6 rings (SSSR count). The molecule has 8 atom stereocenters. The topological polar surface area (TPSA) is 106 Å². The second-order valence-electron chi connectivity index (χ2n) is 12.7. The number of ether oxygens (including phenoxy) is 2. The molecule has 1 aliphatic heterocycles. The summed E-state index contributed by atoms with van der Waals surface area (Å²) in [6.07, 6.45) is 0.943. The van der Waals surface area contributed by atoms with Gasteiger partial charge in [-0.1, -0.05) is 19.1 Å². The predicted octanol–water partition coefficient (Wildman–Crippen LogP) is 3.65. The maximum absolute atomic E-state index is 17.5. The number of hydroxylamine groups is 2. The van der Waals surface area contributed by atoms with Crippen LogP contribution in [0.5, 0.6) is 11.5 Å². The average Bonchev–Trinajstić information content (AvgIpc) is 3.42. The number of hydrogen-bond donors (Lipinski definition) is 2. The Kier molecular flexibility index (Phi) is 6.54. The van der Waals surface area contributed by atoms with Crippen molar-refractivity contribution in [2.24, 2.45) is 28.6 Å². The molecule has 0 unspecified atom stereocenters. The van der Waals surface area contributed by atoms with E-state index in [0.717, 1.165) is 5.56 Å². The number of carbonyl (C=O) groups excluding carboxylic acids is 2. The van der Waals surface area contributed by atoms with Gasteiger partial charge in [0.15, 0.2) is 34.3 Å². The lowest BCUT2D eigenvalue weighted by Crippen LogP contribution is -2.69. The minimum atomic E-state index is -2.24. The molecule has 8 nitrogen and oxygen atoms in total. The first-order valence-corrected chi connectivity index (χ1v) is 14.2. The van der Waals surface area contributed by atoms with Crippen LogP contribution in [0.2, 0.25) is 0 Å². The normalized spacial score (nSPS) is 41.5. The molecule has 2 N–H and O–H groups in total. The van der Waals surface area contributed by atoms with E-state index in [0.29, 0.717) is 31.0 Å². The summed E-state index contributed by atoms with van der Waals surface area (Å²) in [6, 6.07) is 5.47. The second kappa shape index (κ2) is 9.42. The van der Waals surface area contributed by atoms with Crippen molar-refractivity contribution in [3.63, 3.8) is 0 Å². The van der Waals surface area contributed by atoms with Crippen molar-refractivity contribution >= 4 is 11.6 Å². The Morgan fingerprint density at radius 2 is 1.93 bits per heavy atom. The number of alkyl halides is 1. The number of benzene rings is 1. The second-order valence-corrected chi connectivity index (χ2v) is 12.7.